The summed E-state index contributed by atoms with van der Waals surface area (Å²) in [6, 6.07) is 10.3. The average Bonchev–Trinajstić information content (AvgIpc) is 2.75. The molecule has 2 aromatic heterocycles. The van der Waals surface area contributed by atoms with E-state index >= 15 is 0 Å². The number of hydrogen-bond donors (Lipinski definition) is 0. The topological polar surface area (TPSA) is 84.2 Å². The maximum Gasteiger partial charge on any atom is 0.278 e. The molecule has 148 valence electrons. The van der Waals surface area contributed by atoms with E-state index < -0.39 is 5.43 Å². The van der Waals surface area contributed by atoms with Crippen molar-refractivity contribution in [2.24, 2.45) is 0 Å². The summed E-state index contributed by atoms with van der Waals surface area (Å²) >= 11 is 6.27. The summed E-state index contributed by atoms with van der Waals surface area (Å²) < 4.78 is 1.53. The molecule has 0 saturated carbocycles. The van der Waals surface area contributed by atoms with Crippen LogP contribution < -0.4 is 10.3 Å². The fraction of sp³-hybridized carbons (Fsp3) is 0.250. The van der Waals surface area contributed by atoms with Crippen LogP contribution in [0.2, 0.25) is 5.02 Å². The third-order valence-electron chi connectivity index (χ3n) is 4.79. The van der Waals surface area contributed by atoms with Crippen molar-refractivity contribution in [1.29, 1.82) is 0 Å². The van der Waals surface area contributed by atoms with Crippen molar-refractivity contribution in [3.63, 3.8) is 0 Å². The number of hydrogen-bond acceptors (Lipinski definition) is 6. The van der Waals surface area contributed by atoms with E-state index in [9.17, 15) is 9.59 Å². The molecule has 1 aliphatic heterocycles. The van der Waals surface area contributed by atoms with E-state index in [2.05, 4.69) is 15.1 Å². The normalized spacial score (nSPS) is 14.1. The number of aryl methyl sites for hydroxylation is 1. The van der Waals surface area contributed by atoms with E-state index in [-0.39, 0.29) is 11.6 Å². The number of amides is 1. The summed E-state index contributed by atoms with van der Waals surface area (Å²) in [6.45, 7) is 3.83. The highest BCUT2D eigenvalue weighted by Crippen LogP contribution is 2.20. The molecule has 1 aromatic carbocycles. The highest BCUT2D eigenvalue weighted by Gasteiger charge is 2.26. The Bertz CT molecular complexity index is 1090. The number of carbonyl (C=O) groups is 1. The second kappa shape index (κ2) is 8.00. The summed E-state index contributed by atoms with van der Waals surface area (Å²) in [5.74, 6) is 0.249. The van der Waals surface area contributed by atoms with E-state index in [1.54, 1.807) is 42.4 Å². The Balaban J connectivity index is 1.57. The zero-order chi connectivity index (χ0) is 20.4. The number of anilines is 1. The standard InChI is InChI=1S/C20H19ClN6O2/c1-14-13-17(28)18(24-27(14)16-6-3-2-5-15(16)21)19(29)25-9-11-26(12-10-25)20-22-7-4-8-23-20/h2-8,13H,9-12H2,1H3. The lowest BCUT2D eigenvalue weighted by Crippen LogP contribution is -2.50. The van der Waals surface area contributed by atoms with Gasteiger partial charge in [-0.1, -0.05) is 23.7 Å². The number of para-hydroxylation sites is 1. The third-order valence-corrected chi connectivity index (χ3v) is 5.11. The first-order valence-corrected chi connectivity index (χ1v) is 9.59. The molecule has 1 amide bonds. The van der Waals surface area contributed by atoms with Crippen molar-refractivity contribution < 1.29 is 4.79 Å². The zero-order valence-electron chi connectivity index (χ0n) is 15.8. The summed E-state index contributed by atoms with van der Waals surface area (Å²) in [6.07, 6.45) is 3.38. The van der Waals surface area contributed by atoms with Gasteiger partial charge in [-0.05, 0) is 25.1 Å². The van der Waals surface area contributed by atoms with Crippen LogP contribution in [0.25, 0.3) is 5.69 Å². The van der Waals surface area contributed by atoms with Crippen LogP contribution in [0.3, 0.4) is 0 Å². The molecule has 1 aliphatic rings. The molecule has 0 aliphatic carbocycles. The largest absolute Gasteiger partial charge is 0.337 e. The molecule has 1 saturated heterocycles. The maximum atomic E-state index is 13.0. The minimum atomic E-state index is -0.398. The summed E-state index contributed by atoms with van der Waals surface area (Å²) in [5, 5.41) is 4.83. The third kappa shape index (κ3) is 3.84. The van der Waals surface area contributed by atoms with Gasteiger partial charge in [0.25, 0.3) is 5.91 Å². The van der Waals surface area contributed by atoms with Crippen molar-refractivity contribution in [1.82, 2.24) is 24.6 Å². The van der Waals surface area contributed by atoms with Gasteiger partial charge in [0, 0.05) is 50.3 Å². The first-order valence-electron chi connectivity index (χ1n) is 9.22. The van der Waals surface area contributed by atoms with Gasteiger partial charge in [-0.3, -0.25) is 9.59 Å². The molecule has 1 fully saturated rings. The van der Waals surface area contributed by atoms with Gasteiger partial charge in [-0.2, -0.15) is 5.10 Å². The van der Waals surface area contributed by atoms with Crippen LogP contribution in [-0.4, -0.2) is 56.7 Å². The number of benzene rings is 1. The quantitative estimate of drug-likeness (QED) is 0.656. The number of aromatic nitrogens is 4. The Morgan fingerprint density at radius 3 is 2.41 bits per heavy atom. The molecule has 9 heteroatoms. The molecular formula is C20H19ClN6O2. The lowest BCUT2D eigenvalue weighted by molar-refractivity contribution is 0.0737. The van der Waals surface area contributed by atoms with E-state index in [1.807, 2.05) is 17.0 Å². The van der Waals surface area contributed by atoms with E-state index in [1.165, 1.54) is 10.7 Å². The maximum absolute atomic E-state index is 13.0. The Labute approximate surface area is 172 Å². The van der Waals surface area contributed by atoms with Crippen molar-refractivity contribution in [3.8, 4) is 5.69 Å². The summed E-state index contributed by atoms with van der Waals surface area (Å²) in [7, 11) is 0. The molecule has 0 unspecified atom stereocenters. The number of piperazine rings is 1. The molecule has 0 radical (unpaired) electrons. The highest BCUT2D eigenvalue weighted by atomic mass is 35.5. The molecule has 29 heavy (non-hydrogen) atoms. The second-order valence-corrected chi connectivity index (χ2v) is 7.10. The van der Waals surface area contributed by atoms with Gasteiger partial charge in [0.1, 0.15) is 0 Å². The van der Waals surface area contributed by atoms with Gasteiger partial charge in [0.2, 0.25) is 11.4 Å². The van der Waals surface area contributed by atoms with Crippen LogP contribution in [-0.2, 0) is 0 Å². The van der Waals surface area contributed by atoms with Crippen LogP contribution in [0.5, 0.6) is 0 Å². The zero-order valence-corrected chi connectivity index (χ0v) is 16.6. The Hall–Kier alpha value is -3.26. The minimum Gasteiger partial charge on any atom is -0.337 e. The lowest BCUT2D eigenvalue weighted by atomic mass is 10.2. The van der Waals surface area contributed by atoms with Gasteiger partial charge in [-0.25, -0.2) is 14.6 Å². The molecular weight excluding hydrogens is 392 g/mol. The van der Waals surface area contributed by atoms with Crippen LogP contribution in [0.4, 0.5) is 5.95 Å². The van der Waals surface area contributed by atoms with Crippen LogP contribution >= 0.6 is 11.6 Å². The summed E-state index contributed by atoms with van der Waals surface area (Å²) in [4.78, 5) is 37.6. The van der Waals surface area contributed by atoms with Crippen LogP contribution in [0, 0.1) is 6.92 Å². The molecule has 0 N–H and O–H groups in total. The van der Waals surface area contributed by atoms with E-state index in [0.717, 1.165) is 0 Å². The SMILES string of the molecule is Cc1cc(=O)c(C(=O)N2CCN(c3ncccn3)CC2)nn1-c1ccccc1Cl. The Morgan fingerprint density at radius 2 is 1.72 bits per heavy atom. The number of carbonyl (C=O) groups excluding carboxylic acids is 1. The predicted molar refractivity (Wildman–Crippen MR) is 110 cm³/mol. The van der Waals surface area contributed by atoms with Crippen molar-refractivity contribution in [2.45, 2.75) is 6.92 Å². The van der Waals surface area contributed by atoms with Gasteiger partial charge >= 0.3 is 0 Å². The monoisotopic (exact) mass is 410 g/mol. The first-order chi connectivity index (χ1) is 14.0. The first kappa shape index (κ1) is 19.1. The molecule has 0 spiro atoms. The molecule has 3 heterocycles. The number of rotatable bonds is 3. The van der Waals surface area contributed by atoms with Crippen molar-refractivity contribution in [3.05, 3.63) is 75.4 Å². The lowest BCUT2D eigenvalue weighted by Gasteiger charge is -2.34. The fourth-order valence-corrected chi connectivity index (χ4v) is 3.49. The second-order valence-electron chi connectivity index (χ2n) is 6.69. The van der Waals surface area contributed by atoms with Crippen molar-refractivity contribution in [2.75, 3.05) is 31.1 Å². The van der Waals surface area contributed by atoms with Gasteiger partial charge < -0.3 is 9.80 Å². The Morgan fingerprint density at radius 1 is 1.03 bits per heavy atom. The number of nitrogens with zero attached hydrogens (tertiary/aromatic N) is 6. The van der Waals surface area contributed by atoms with Crippen LogP contribution in [0.15, 0.2) is 53.6 Å². The predicted octanol–water partition coefficient (Wildman–Crippen LogP) is 1.95. The van der Waals surface area contributed by atoms with Gasteiger partial charge in [0.05, 0.1) is 10.7 Å². The Kier molecular flexibility index (Phi) is 5.26. The average molecular weight is 411 g/mol. The van der Waals surface area contributed by atoms with Gasteiger partial charge in [-0.15, -0.1) is 0 Å². The highest BCUT2D eigenvalue weighted by molar-refractivity contribution is 6.32. The molecule has 3 aromatic rings. The van der Waals surface area contributed by atoms with E-state index in [0.29, 0.717) is 48.5 Å². The smallest absolute Gasteiger partial charge is 0.278 e. The summed E-state index contributed by atoms with van der Waals surface area (Å²) in [5.41, 5.74) is 0.710. The molecule has 0 bridgehead atoms. The molecule has 0 atom stereocenters. The van der Waals surface area contributed by atoms with Crippen molar-refractivity contribution >= 4 is 23.5 Å². The minimum absolute atomic E-state index is 0.111. The fourth-order valence-electron chi connectivity index (χ4n) is 3.28. The van der Waals surface area contributed by atoms with E-state index in [4.69, 9.17) is 11.6 Å². The molecule has 4 rings (SSSR count). The molecule has 8 nitrogen and oxygen atoms in total. The van der Waals surface area contributed by atoms with Crippen LogP contribution in [0.1, 0.15) is 16.2 Å². The van der Waals surface area contributed by atoms with Gasteiger partial charge in [0.15, 0.2) is 5.69 Å². The number of halogens is 1.